The Hall–Kier alpha value is -2.43. The second-order valence-electron chi connectivity index (χ2n) is 8.44. The molecule has 268 valence electrons. The third-order valence-electron chi connectivity index (χ3n) is 4.94. The average Bonchev–Trinajstić information content (AvgIpc) is 3.06. The number of methoxy groups -OCH3 is 4. The summed E-state index contributed by atoms with van der Waals surface area (Å²) in [5.74, 6) is 3.46. The van der Waals surface area contributed by atoms with Gasteiger partial charge in [0.2, 0.25) is 0 Å². The lowest BCUT2D eigenvalue weighted by atomic mass is 10.3. The number of hydrogen-bond acceptors (Lipinski definition) is 11. The van der Waals surface area contributed by atoms with Crippen LogP contribution in [0.2, 0.25) is 0 Å². The maximum atomic E-state index is 9.28. The van der Waals surface area contributed by atoms with Crippen LogP contribution in [0.3, 0.4) is 0 Å². The summed E-state index contributed by atoms with van der Waals surface area (Å²) in [6, 6.07) is 18.1. The molecule has 17 heteroatoms. The van der Waals surface area contributed by atoms with Gasteiger partial charge in [-0.3, -0.25) is 0 Å². The summed E-state index contributed by atoms with van der Waals surface area (Å²) in [6.07, 6.45) is 0. The zero-order valence-electron chi connectivity index (χ0n) is 26.6. The molecule has 0 aliphatic rings. The third-order valence-corrected chi connectivity index (χ3v) is 8.53. The highest BCUT2D eigenvalue weighted by Crippen LogP contribution is 2.38. The number of nitrogens with zero attached hydrogens (tertiary/aromatic N) is 1. The molecule has 0 aliphatic heterocycles. The van der Waals surface area contributed by atoms with Crippen molar-refractivity contribution in [2.24, 2.45) is 0 Å². The number of ether oxygens (including phenoxy) is 6. The number of rotatable bonds is 8. The van der Waals surface area contributed by atoms with Crippen molar-refractivity contribution >= 4 is 95.6 Å². The molecule has 0 heterocycles. The number of aromatic hydroxyl groups is 4. The standard InChI is InChI=1S/C10H12Br2O4.C7H6Br2O2.C7H8O2.C6H4Br2O2.C2H3N/c1-13-5-15-7-3-8(11)10(9(12)4-7)16-6-14-2;1-11-4-2-5(8)7(10)6(9)3-4;1-9-7-4-2-6(8)3-5-7;7-4-1-3(9)2-5(8)6(4)10;1-2-3/h3-4H,5-6H2,1-2H3;2-3,10H,1H3;2-5,8H,1H3;1-2,9-10H;1H3. The van der Waals surface area contributed by atoms with Crippen LogP contribution in [0.4, 0.5) is 0 Å². The highest BCUT2D eigenvalue weighted by Gasteiger charge is 2.10. The van der Waals surface area contributed by atoms with Gasteiger partial charge < -0.3 is 48.8 Å². The molecule has 4 aromatic rings. The van der Waals surface area contributed by atoms with Crippen LogP contribution in [0, 0.1) is 11.3 Å². The lowest BCUT2D eigenvalue weighted by molar-refractivity contribution is 0.0474. The second-order valence-corrected chi connectivity index (χ2v) is 13.6. The first kappa shape index (κ1) is 46.6. The molecule has 4 rings (SSSR count). The van der Waals surface area contributed by atoms with E-state index in [-0.39, 0.29) is 36.6 Å². The Morgan fingerprint density at radius 3 is 1.29 bits per heavy atom. The highest BCUT2D eigenvalue weighted by atomic mass is 79.9. The zero-order chi connectivity index (χ0) is 37.5. The predicted octanol–water partition coefficient (Wildman–Crippen LogP) is 10.7. The first-order chi connectivity index (χ1) is 23.2. The quantitative estimate of drug-likeness (QED) is 0.0982. The van der Waals surface area contributed by atoms with Crippen molar-refractivity contribution in [3.05, 3.63) is 87.5 Å². The van der Waals surface area contributed by atoms with E-state index in [2.05, 4.69) is 95.6 Å². The van der Waals surface area contributed by atoms with Gasteiger partial charge >= 0.3 is 0 Å². The maximum absolute atomic E-state index is 9.28. The molecule has 0 aliphatic carbocycles. The van der Waals surface area contributed by atoms with Crippen molar-refractivity contribution in [3.8, 4) is 52.1 Å². The second kappa shape index (κ2) is 26.4. The highest BCUT2D eigenvalue weighted by molar-refractivity contribution is 9.11. The molecule has 0 saturated carbocycles. The summed E-state index contributed by atoms with van der Waals surface area (Å²) < 4.78 is 33.9. The molecule has 0 atom stereocenters. The Morgan fingerprint density at radius 1 is 0.531 bits per heavy atom. The van der Waals surface area contributed by atoms with Crippen molar-refractivity contribution in [1.29, 1.82) is 5.26 Å². The number of nitriles is 1. The minimum absolute atomic E-state index is 0.0952. The molecular formula is C32H33Br6NO10. The summed E-state index contributed by atoms with van der Waals surface area (Å²) in [7, 11) is 6.30. The molecule has 0 saturated heterocycles. The normalized spacial score (nSPS) is 9.35. The molecule has 0 aromatic heterocycles. The minimum atomic E-state index is 0.0952. The van der Waals surface area contributed by atoms with Crippen LogP contribution >= 0.6 is 95.6 Å². The van der Waals surface area contributed by atoms with Gasteiger partial charge in [-0.2, -0.15) is 5.26 Å². The van der Waals surface area contributed by atoms with Crippen LogP contribution in [0.1, 0.15) is 6.92 Å². The molecule has 0 fully saturated rings. The Bertz CT molecular complexity index is 1540. The van der Waals surface area contributed by atoms with Gasteiger partial charge in [0.25, 0.3) is 0 Å². The first-order valence-corrected chi connectivity index (χ1v) is 17.9. The summed E-state index contributed by atoms with van der Waals surface area (Å²) in [4.78, 5) is 0. The van der Waals surface area contributed by atoms with Crippen LogP contribution in [-0.2, 0) is 9.47 Å². The van der Waals surface area contributed by atoms with Gasteiger partial charge in [-0.15, -0.1) is 0 Å². The van der Waals surface area contributed by atoms with E-state index in [1.165, 1.54) is 19.1 Å². The predicted molar refractivity (Wildman–Crippen MR) is 208 cm³/mol. The van der Waals surface area contributed by atoms with Gasteiger partial charge in [-0.1, -0.05) is 0 Å². The van der Waals surface area contributed by atoms with Gasteiger partial charge in [-0.25, -0.2) is 0 Å². The lowest BCUT2D eigenvalue weighted by Gasteiger charge is -2.11. The van der Waals surface area contributed by atoms with E-state index in [4.69, 9.17) is 49.0 Å². The zero-order valence-corrected chi connectivity index (χ0v) is 36.2. The SMILES string of the molecule is CC#N.COCOc1cc(Br)c(OCOC)c(Br)c1.COc1cc(Br)c(O)c(Br)c1.COc1ccc(O)cc1.Oc1cc(Br)c(O)c(Br)c1. The number of phenolic OH excluding ortho intramolecular Hbond substituents is 4. The Kier molecular flexibility index (Phi) is 25.1. The van der Waals surface area contributed by atoms with Gasteiger partial charge in [0.1, 0.15) is 40.2 Å². The van der Waals surface area contributed by atoms with E-state index in [0.717, 1.165) is 14.7 Å². The third kappa shape index (κ3) is 18.9. The van der Waals surface area contributed by atoms with Crippen LogP contribution in [0.15, 0.2) is 87.5 Å². The van der Waals surface area contributed by atoms with Crippen molar-refractivity contribution < 1.29 is 48.8 Å². The monoisotopic (exact) mass is 1060 g/mol. The van der Waals surface area contributed by atoms with Crippen molar-refractivity contribution in [3.63, 3.8) is 0 Å². The minimum Gasteiger partial charge on any atom is -0.508 e. The number of phenols is 4. The van der Waals surface area contributed by atoms with Crippen molar-refractivity contribution in [2.75, 3.05) is 42.0 Å². The number of benzene rings is 4. The molecule has 49 heavy (non-hydrogen) atoms. The molecule has 0 bridgehead atoms. The molecule has 0 unspecified atom stereocenters. The number of hydrogen-bond donors (Lipinski definition) is 4. The molecule has 0 radical (unpaired) electrons. The molecule has 0 spiro atoms. The molecule has 4 N–H and O–H groups in total. The topological polar surface area (TPSA) is 160 Å². The van der Waals surface area contributed by atoms with E-state index in [9.17, 15) is 5.11 Å². The van der Waals surface area contributed by atoms with E-state index in [0.29, 0.717) is 35.1 Å². The molecular weight excluding hydrogens is 1040 g/mol. The van der Waals surface area contributed by atoms with Gasteiger partial charge in [0.15, 0.2) is 19.3 Å². The summed E-state index contributed by atoms with van der Waals surface area (Å²) in [6.45, 7) is 1.83. The summed E-state index contributed by atoms with van der Waals surface area (Å²) in [5.41, 5.74) is 0. The van der Waals surface area contributed by atoms with Crippen LogP contribution in [-0.4, -0.2) is 62.5 Å². The van der Waals surface area contributed by atoms with E-state index < -0.39 is 0 Å². The van der Waals surface area contributed by atoms with Crippen LogP contribution in [0.25, 0.3) is 0 Å². The summed E-state index contributed by atoms with van der Waals surface area (Å²) >= 11 is 19.2. The van der Waals surface area contributed by atoms with Gasteiger partial charge in [0, 0.05) is 21.1 Å². The molecule has 4 aromatic carbocycles. The fourth-order valence-electron chi connectivity index (χ4n) is 2.80. The van der Waals surface area contributed by atoms with E-state index >= 15 is 0 Å². The van der Waals surface area contributed by atoms with Crippen molar-refractivity contribution in [1.82, 2.24) is 0 Å². The maximum Gasteiger partial charge on any atom is 0.188 e. The summed E-state index contributed by atoms with van der Waals surface area (Å²) in [5, 5.41) is 43.5. The fraction of sp³-hybridized carbons (Fsp3) is 0.219. The Balaban J connectivity index is 0.000000624. The van der Waals surface area contributed by atoms with Gasteiger partial charge in [0.05, 0.1) is 47.1 Å². The molecule has 11 nitrogen and oxygen atoms in total. The van der Waals surface area contributed by atoms with Crippen LogP contribution < -0.4 is 18.9 Å². The molecule has 0 amide bonds. The number of halogens is 6. The van der Waals surface area contributed by atoms with Crippen molar-refractivity contribution in [2.45, 2.75) is 6.92 Å². The lowest BCUT2D eigenvalue weighted by Crippen LogP contribution is -2.02. The van der Waals surface area contributed by atoms with Gasteiger partial charge in [-0.05, 0) is 156 Å². The average molecular weight is 1070 g/mol. The fourth-order valence-corrected chi connectivity index (χ4v) is 6.48. The largest absolute Gasteiger partial charge is 0.508 e. The Labute approximate surface area is 335 Å². The van der Waals surface area contributed by atoms with E-state index in [1.807, 2.05) is 0 Å². The van der Waals surface area contributed by atoms with E-state index in [1.54, 1.807) is 83.0 Å². The van der Waals surface area contributed by atoms with Crippen LogP contribution in [0.5, 0.6) is 46.0 Å². The Morgan fingerprint density at radius 2 is 0.898 bits per heavy atom. The smallest absolute Gasteiger partial charge is 0.188 e. The first-order valence-electron chi connectivity index (χ1n) is 13.1.